The zero-order valence-electron chi connectivity index (χ0n) is 5.31. The first-order valence-corrected chi connectivity index (χ1v) is 4.02. The van der Waals surface area contributed by atoms with Crippen molar-refractivity contribution in [2.24, 2.45) is 0 Å². The Bertz CT molecular complexity index is 273. The molecule has 5 heteroatoms. The fourth-order valence-corrected chi connectivity index (χ4v) is 1.62. The van der Waals surface area contributed by atoms with Crippen LogP contribution in [0.1, 0.15) is 10.4 Å². The lowest BCUT2D eigenvalue weighted by atomic mass is 10.4. The van der Waals surface area contributed by atoms with Crippen LogP contribution < -0.4 is 5.11 Å². The molecule has 1 heterocycles. The van der Waals surface area contributed by atoms with E-state index in [1.54, 1.807) is 0 Å². The minimum Gasteiger partial charge on any atom is -0.500 e. The molecule has 0 aliphatic heterocycles. The Morgan fingerprint density at radius 1 is 1.55 bits per heavy atom. The molecule has 0 radical (unpaired) electrons. The molecule has 0 spiro atoms. The summed E-state index contributed by atoms with van der Waals surface area (Å²) in [6.45, 7) is 0. The summed E-state index contributed by atoms with van der Waals surface area (Å²) in [5, 5.41) is 19.8. The van der Waals surface area contributed by atoms with Crippen molar-refractivity contribution in [1.29, 1.82) is 0 Å². The third-order valence-electron chi connectivity index (χ3n) is 1.09. The second-order valence-corrected chi connectivity index (χ2v) is 3.39. The Morgan fingerprint density at radius 2 is 2.18 bits per heavy atom. The van der Waals surface area contributed by atoms with E-state index in [1.807, 2.05) is 0 Å². The van der Waals surface area contributed by atoms with Crippen molar-refractivity contribution in [1.82, 2.24) is 0 Å². The van der Waals surface area contributed by atoms with Crippen LogP contribution in [0.15, 0.2) is 16.8 Å². The number of hydrogen-bond acceptors (Lipinski definition) is 3. The molecule has 0 aliphatic rings. The summed E-state index contributed by atoms with van der Waals surface area (Å²) in [4.78, 5) is 20.4. The molecule has 1 unspecified atom stereocenters. The van der Waals surface area contributed by atoms with Gasteiger partial charge in [-0.25, -0.2) is 4.79 Å². The van der Waals surface area contributed by atoms with Gasteiger partial charge in [-0.2, -0.15) is 0 Å². The monoisotopic (exact) mass is 172 g/mol. The van der Waals surface area contributed by atoms with Crippen LogP contribution in [0.3, 0.4) is 0 Å². The molecule has 0 fully saturated rings. The number of hydrogen-bond donors (Lipinski definition) is 1. The Labute approximate surface area is 64.7 Å². The molecular formula is C6H4O4S. The molecule has 1 N–H and O–H groups in total. The SMILES string of the molecule is O=C(O)c1cc[s+](C(=O)[O-])c1. The summed E-state index contributed by atoms with van der Waals surface area (Å²) in [5.74, 6) is -1.11. The number of carboxylic acid groups (broad SMARTS) is 2. The van der Waals surface area contributed by atoms with E-state index < -0.39 is 21.7 Å². The average molecular weight is 172 g/mol. The van der Waals surface area contributed by atoms with Crippen molar-refractivity contribution < 1.29 is 19.8 Å². The fraction of sp³-hybridized carbons (Fsp3) is 0. The molecule has 11 heavy (non-hydrogen) atoms. The van der Waals surface area contributed by atoms with Gasteiger partial charge in [0.25, 0.3) is 0 Å². The third-order valence-corrected chi connectivity index (χ3v) is 2.41. The van der Waals surface area contributed by atoms with Gasteiger partial charge in [0.05, 0.1) is 0 Å². The quantitative estimate of drug-likeness (QED) is 0.652. The molecule has 4 nitrogen and oxygen atoms in total. The van der Waals surface area contributed by atoms with E-state index in [1.165, 1.54) is 11.4 Å². The summed E-state index contributed by atoms with van der Waals surface area (Å²) in [7, 11) is -1.15. The number of carbonyl (C=O) groups excluding carboxylic acids is 1. The van der Waals surface area contributed by atoms with Crippen molar-refractivity contribution >= 4 is 21.7 Å². The van der Waals surface area contributed by atoms with Crippen LogP contribution in [0.4, 0.5) is 4.79 Å². The van der Waals surface area contributed by atoms with Gasteiger partial charge in [-0.3, -0.25) is 0 Å². The first-order chi connectivity index (χ1) is 5.11. The smallest absolute Gasteiger partial charge is 0.340 e. The lowest BCUT2D eigenvalue weighted by Crippen LogP contribution is -2.15. The standard InChI is InChI=1S/C6H4O4S/c7-5(8)4-1-2-11(3-4)6(9)10/h1-3H,(H-,7,8,9,10). The van der Waals surface area contributed by atoms with Gasteiger partial charge < -0.3 is 15.0 Å². The molecular weight excluding hydrogens is 168 g/mol. The summed E-state index contributed by atoms with van der Waals surface area (Å²) in [6, 6.07) is 1.27. The van der Waals surface area contributed by atoms with E-state index in [0.29, 0.717) is 0 Å². The molecule has 1 aromatic heterocycles. The van der Waals surface area contributed by atoms with Gasteiger partial charge >= 0.3 is 11.3 Å². The highest BCUT2D eigenvalue weighted by atomic mass is 32.2. The molecule has 0 saturated carbocycles. The predicted molar refractivity (Wildman–Crippen MR) is 36.7 cm³/mol. The Hall–Kier alpha value is -1.36. The molecule has 0 aromatic carbocycles. The molecule has 0 aliphatic carbocycles. The van der Waals surface area contributed by atoms with Crippen LogP contribution in [0.2, 0.25) is 0 Å². The van der Waals surface area contributed by atoms with Gasteiger partial charge in [0, 0.05) is 16.5 Å². The van der Waals surface area contributed by atoms with Crippen LogP contribution in [-0.2, 0) is 0 Å². The molecule has 1 rings (SSSR count). The van der Waals surface area contributed by atoms with Gasteiger partial charge in [0.15, 0.2) is 5.38 Å². The van der Waals surface area contributed by atoms with Gasteiger partial charge in [0.1, 0.15) is 10.9 Å². The highest BCUT2D eigenvalue weighted by Gasteiger charge is 2.13. The highest BCUT2D eigenvalue weighted by molar-refractivity contribution is 7.48. The van der Waals surface area contributed by atoms with Gasteiger partial charge in [0.2, 0.25) is 0 Å². The van der Waals surface area contributed by atoms with Crippen molar-refractivity contribution in [3.63, 3.8) is 0 Å². The number of carbonyl (C=O) groups is 2. The van der Waals surface area contributed by atoms with E-state index in [9.17, 15) is 14.7 Å². The average Bonchev–Trinajstić information content (AvgIpc) is 2.33. The number of carboxylic acids is 1. The lowest BCUT2D eigenvalue weighted by molar-refractivity contribution is -0.233. The first-order valence-electron chi connectivity index (χ1n) is 2.67. The van der Waals surface area contributed by atoms with Gasteiger partial charge in [-0.15, -0.1) is 0 Å². The Balaban J connectivity index is 2.99. The summed E-state index contributed by atoms with van der Waals surface area (Å²) in [5.41, 5.74) is 0.0116. The maximum Gasteiger partial charge on any atom is 0.340 e. The molecule has 58 valence electrons. The van der Waals surface area contributed by atoms with Gasteiger partial charge in [-0.05, 0) is 0 Å². The minimum atomic E-state index is -1.25. The molecule has 1 atom stereocenters. The maximum atomic E-state index is 10.2. The first kappa shape index (κ1) is 7.74. The van der Waals surface area contributed by atoms with Crippen molar-refractivity contribution in [3.8, 4) is 0 Å². The topological polar surface area (TPSA) is 77.4 Å². The van der Waals surface area contributed by atoms with Crippen LogP contribution >= 0.6 is 10.5 Å². The molecule has 0 saturated heterocycles. The predicted octanol–water partition coefficient (Wildman–Crippen LogP) is 0.325. The fourth-order valence-electron chi connectivity index (χ4n) is 0.587. The zero-order chi connectivity index (χ0) is 8.43. The summed E-state index contributed by atoms with van der Waals surface area (Å²) in [6.07, 6.45) is 0. The number of thiophene rings is 1. The Kier molecular flexibility index (Phi) is 1.91. The molecule has 0 bridgehead atoms. The summed E-state index contributed by atoms with van der Waals surface area (Å²) < 4.78 is 0. The second kappa shape index (κ2) is 2.71. The Morgan fingerprint density at radius 3 is 2.45 bits per heavy atom. The van der Waals surface area contributed by atoms with Crippen LogP contribution in [0, 0.1) is 0 Å². The molecule has 1 aromatic rings. The van der Waals surface area contributed by atoms with E-state index in [2.05, 4.69) is 0 Å². The lowest BCUT2D eigenvalue weighted by Gasteiger charge is -1.82. The van der Waals surface area contributed by atoms with E-state index in [0.717, 1.165) is 5.38 Å². The van der Waals surface area contributed by atoms with Gasteiger partial charge in [-0.1, -0.05) is 0 Å². The maximum absolute atomic E-state index is 10.2. The van der Waals surface area contributed by atoms with Crippen LogP contribution in [0.5, 0.6) is 0 Å². The number of rotatable bonds is 2. The highest BCUT2D eigenvalue weighted by Crippen LogP contribution is 2.19. The van der Waals surface area contributed by atoms with Crippen molar-refractivity contribution in [3.05, 3.63) is 22.4 Å². The molecule has 0 amide bonds. The largest absolute Gasteiger partial charge is 0.500 e. The van der Waals surface area contributed by atoms with Crippen LogP contribution in [-0.4, -0.2) is 16.4 Å². The van der Waals surface area contributed by atoms with E-state index in [-0.39, 0.29) is 5.56 Å². The minimum absolute atomic E-state index is 0.0116. The second-order valence-electron chi connectivity index (χ2n) is 1.80. The summed E-state index contributed by atoms with van der Waals surface area (Å²) >= 11 is 0. The zero-order valence-corrected chi connectivity index (χ0v) is 6.13. The van der Waals surface area contributed by atoms with Crippen molar-refractivity contribution in [2.45, 2.75) is 0 Å². The van der Waals surface area contributed by atoms with E-state index in [4.69, 9.17) is 5.11 Å². The number of aromatic carboxylic acids is 1. The van der Waals surface area contributed by atoms with Crippen LogP contribution in [0.25, 0.3) is 0 Å². The van der Waals surface area contributed by atoms with E-state index >= 15 is 0 Å². The normalized spacial score (nSPS) is 11.1. The third kappa shape index (κ3) is 1.56. The van der Waals surface area contributed by atoms with Crippen molar-refractivity contribution in [2.75, 3.05) is 0 Å².